The molecule has 1 aliphatic heterocycles. The van der Waals surface area contributed by atoms with Crippen LogP contribution in [0.15, 0.2) is 6.07 Å². The number of rotatable bonds is 3. The second-order valence-corrected chi connectivity index (χ2v) is 5.44. The number of nitrogens with zero attached hydrogens (tertiary/aromatic N) is 2. The van der Waals surface area contributed by atoms with Gasteiger partial charge < -0.3 is 15.4 Å². The SMILES string of the molecule is CN(CC1CCCOC1)c1nc(N)c(Cl)cc1Cl. The van der Waals surface area contributed by atoms with Gasteiger partial charge in [-0.1, -0.05) is 23.2 Å². The molecule has 18 heavy (non-hydrogen) atoms. The summed E-state index contributed by atoms with van der Waals surface area (Å²) in [6, 6.07) is 1.63. The maximum absolute atomic E-state index is 6.14. The zero-order valence-electron chi connectivity index (χ0n) is 10.3. The average molecular weight is 290 g/mol. The lowest BCUT2D eigenvalue weighted by molar-refractivity contribution is 0.0576. The van der Waals surface area contributed by atoms with Crippen LogP contribution >= 0.6 is 23.2 Å². The van der Waals surface area contributed by atoms with E-state index in [4.69, 9.17) is 33.7 Å². The molecule has 0 aromatic carbocycles. The van der Waals surface area contributed by atoms with Gasteiger partial charge in [0.1, 0.15) is 11.6 Å². The third-order valence-electron chi connectivity index (χ3n) is 3.09. The molecule has 1 aliphatic rings. The molecule has 0 bridgehead atoms. The third-order valence-corrected chi connectivity index (χ3v) is 3.67. The molecule has 0 aliphatic carbocycles. The van der Waals surface area contributed by atoms with Gasteiger partial charge in [-0.15, -0.1) is 0 Å². The molecule has 1 unspecified atom stereocenters. The molecule has 6 heteroatoms. The van der Waals surface area contributed by atoms with Gasteiger partial charge in [0.2, 0.25) is 0 Å². The fourth-order valence-electron chi connectivity index (χ4n) is 2.16. The number of hydrogen-bond donors (Lipinski definition) is 1. The van der Waals surface area contributed by atoms with Crippen molar-refractivity contribution >= 4 is 34.8 Å². The predicted molar refractivity (Wildman–Crippen MR) is 75.5 cm³/mol. The number of hydrogen-bond acceptors (Lipinski definition) is 4. The maximum Gasteiger partial charge on any atom is 0.149 e. The molecular weight excluding hydrogens is 273 g/mol. The van der Waals surface area contributed by atoms with Gasteiger partial charge >= 0.3 is 0 Å². The molecule has 2 rings (SSSR count). The Kier molecular flexibility index (Phi) is 4.54. The average Bonchev–Trinajstić information content (AvgIpc) is 2.35. The van der Waals surface area contributed by atoms with Crippen molar-refractivity contribution in [2.45, 2.75) is 12.8 Å². The highest BCUT2D eigenvalue weighted by atomic mass is 35.5. The number of aromatic nitrogens is 1. The second-order valence-electron chi connectivity index (χ2n) is 4.62. The Bertz CT molecular complexity index is 422. The molecule has 2 N–H and O–H groups in total. The van der Waals surface area contributed by atoms with E-state index in [1.54, 1.807) is 6.07 Å². The summed E-state index contributed by atoms with van der Waals surface area (Å²) < 4.78 is 5.47. The van der Waals surface area contributed by atoms with Crippen LogP contribution in [0.5, 0.6) is 0 Å². The van der Waals surface area contributed by atoms with Gasteiger partial charge in [0, 0.05) is 20.2 Å². The fraction of sp³-hybridized carbons (Fsp3) is 0.583. The molecule has 1 fully saturated rings. The highest BCUT2D eigenvalue weighted by Gasteiger charge is 2.18. The van der Waals surface area contributed by atoms with Crippen LogP contribution < -0.4 is 10.6 Å². The first-order valence-corrected chi connectivity index (χ1v) is 6.74. The number of anilines is 2. The molecular formula is C12H17Cl2N3O. The van der Waals surface area contributed by atoms with E-state index in [2.05, 4.69) is 4.98 Å². The predicted octanol–water partition coefficient (Wildman–Crippen LogP) is 2.83. The molecule has 0 amide bonds. The highest BCUT2D eigenvalue weighted by molar-refractivity contribution is 6.37. The molecule has 2 heterocycles. The van der Waals surface area contributed by atoms with E-state index in [9.17, 15) is 0 Å². The maximum atomic E-state index is 6.14. The van der Waals surface area contributed by atoms with E-state index >= 15 is 0 Å². The van der Waals surface area contributed by atoms with E-state index in [-0.39, 0.29) is 0 Å². The van der Waals surface area contributed by atoms with Crippen molar-refractivity contribution in [1.82, 2.24) is 4.98 Å². The van der Waals surface area contributed by atoms with Crippen LogP contribution in [0.2, 0.25) is 10.0 Å². The first-order chi connectivity index (χ1) is 8.58. The molecule has 1 saturated heterocycles. The van der Waals surface area contributed by atoms with Crippen LogP contribution in [0.1, 0.15) is 12.8 Å². The van der Waals surface area contributed by atoms with E-state index in [1.165, 1.54) is 6.42 Å². The minimum Gasteiger partial charge on any atom is -0.382 e. The summed E-state index contributed by atoms with van der Waals surface area (Å²) in [7, 11) is 1.95. The van der Waals surface area contributed by atoms with Crippen LogP contribution in [-0.4, -0.2) is 31.8 Å². The first-order valence-electron chi connectivity index (χ1n) is 5.98. The van der Waals surface area contributed by atoms with Crippen molar-refractivity contribution in [3.05, 3.63) is 16.1 Å². The normalized spacial score (nSPS) is 19.8. The summed E-state index contributed by atoms with van der Waals surface area (Å²) in [5, 5.41) is 0.909. The van der Waals surface area contributed by atoms with Crippen LogP contribution in [0.4, 0.5) is 11.6 Å². The quantitative estimate of drug-likeness (QED) is 0.930. The Morgan fingerprint density at radius 2 is 2.28 bits per heavy atom. The lowest BCUT2D eigenvalue weighted by Gasteiger charge is -2.28. The standard InChI is InChI=1S/C12H17Cl2N3O/c1-17(6-8-3-2-4-18-7-8)12-10(14)5-9(13)11(15)16-12/h5,8H,2-4,6-7H2,1H3,(H2,15,16). The van der Waals surface area contributed by atoms with Crippen molar-refractivity contribution in [2.75, 3.05) is 37.4 Å². The second kappa shape index (κ2) is 5.95. The van der Waals surface area contributed by atoms with Gasteiger partial charge in [0.25, 0.3) is 0 Å². The summed E-state index contributed by atoms with van der Waals surface area (Å²) in [5.41, 5.74) is 5.71. The van der Waals surface area contributed by atoms with E-state index < -0.39 is 0 Å². The molecule has 4 nitrogen and oxygen atoms in total. The van der Waals surface area contributed by atoms with E-state index in [1.807, 2.05) is 11.9 Å². The van der Waals surface area contributed by atoms with Crippen LogP contribution in [-0.2, 0) is 4.74 Å². The summed E-state index contributed by atoms with van der Waals surface area (Å²) in [5.74, 6) is 1.49. The Balaban J connectivity index is 2.08. The monoisotopic (exact) mass is 289 g/mol. The first kappa shape index (κ1) is 13.7. The van der Waals surface area contributed by atoms with Gasteiger partial charge in [-0.3, -0.25) is 0 Å². The van der Waals surface area contributed by atoms with Crippen molar-refractivity contribution in [3.8, 4) is 0 Å². The minimum atomic E-state index is 0.308. The Labute approximate surface area is 117 Å². The number of pyridine rings is 1. The Morgan fingerprint density at radius 3 is 2.94 bits per heavy atom. The molecule has 1 atom stereocenters. The molecule has 1 aromatic heterocycles. The van der Waals surface area contributed by atoms with Crippen LogP contribution in [0.25, 0.3) is 0 Å². The number of nitrogens with two attached hydrogens (primary N) is 1. The van der Waals surface area contributed by atoms with Gasteiger partial charge in [-0.25, -0.2) is 4.98 Å². The summed E-state index contributed by atoms with van der Waals surface area (Å²) in [6.45, 7) is 2.52. The molecule has 1 aromatic rings. The van der Waals surface area contributed by atoms with E-state index in [0.29, 0.717) is 27.6 Å². The van der Waals surface area contributed by atoms with Crippen molar-refractivity contribution in [3.63, 3.8) is 0 Å². The minimum absolute atomic E-state index is 0.308. The lowest BCUT2D eigenvalue weighted by Crippen LogP contribution is -2.31. The van der Waals surface area contributed by atoms with Gasteiger partial charge in [-0.05, 0) is 24.8 Å². The summed E-state index contributed by atoms with van der Waals surface area (Å²) >= 11 is 12.0. The zero-order valence-corrected chi connectivity index (χ0v) is 11.8. The lowest BCUT2D eigenvalue weighted by atomic mass is 10.0. The molecule has 0 spiro atoms. The summed E-state index contributed by atoms with van der Waals surface area (Å²) in [6.07, 6.45) is 2.29. The third kappa shape index (κ3) is 3.19. The van der Waals surface area contributed by atoms with Crippen molar-refractivity contribution in [1.29, 1.82) is 0 Å². The van der Waals surface area contributed by atoms with Crippen molar-refractivity contribution < 1.29 is 4.74 Å². The van der Waals surface area contributed by atoms with Crippen LogP contribution in [0.3, 0.4) is 0 Å². The van der Waals surface area contributed by atoms with Gasteiger partial charge in [0.05, 0.1) is 16.7 Å². The smallest absolute Gasteiger partial charge is 0.149 e. The largest absolute Gasteiger partial charge is 0.382 e. The number of nitrogen functional groups attached to an aromatic ring is 1. The number of halogens is 2. The van der Waals surface area contributed by atoms with E-state index in [0.717, 1.165) is 26.2 Å². The van der Waals surface area contributed by atoms with Crippen LogP contribution in [0, 0.1) is 5.92 Å². The Hall–Kier alpha value is -0.710. The number of ether oxygens (including phenoxy) is 1. The fourth-order valence-corrected chi connectivity index (χ4v) is 2.67. The van der Waals surface area contributed by atoms with Gasteiger partial charge in [-0.2, -0.15) is 0 Å². The zero-order chi connectivity index (χ0) is 13.1. The Morgan fingerprint density at radius 1 is 1.50 bits per heavy atom. The topological polar surface area (TPSA) is 51.4 Å². The molecule has 0 radical (unpaired) electrons. The molecule has 100 valence electrons. The highest BCUT2D eigenvalue weighted by Crippen LogP contribution is 2.30. The van der Waals surface area contributed by atoms with Gasteiger partial charge in [0.15, 0.2) is 0 Å². The van der Waals surface area contributed by atoms with Crippen molar-refractivity contribution in [2.24, 2.45) is 5.92 Å². The molecule has 0 saturated carbocycles. The summed E-state index contributed by atoms with van der Waals surface area (Å²) in [4.78, 5) is 6.24.